The quantitative estimate of drug-likeness (QED) is 0.815. The van der Waals surface area contributed by atoms with Crippen LogP contribution in [-0.2, 0) is 4.79 Å². The number of anilines is 2. The van der Waals surface area contributed by atoms with Crippen LogP contribution in [0.3, 0.4) is 0 Å². The maximum atomic E-state index is 12.1. The Hall–Kier alpha value is -2.73. The van der Waals surface area contributed by atoms with E-state index in [9.17, 15) is 9.59 Å². The van der Waals surface area contributed by atoms with E-state index in [0.717, 1.165) is 18.8 Å². The van der Waals surface area contributed by atoms with Crippen LogP contribution in [0, 0.1) is 0 Å². The fourth-order valence-corrected chi connectivity index (χ4v) is 3.06. The topological polar surface area (TPSA) is 84.7 Å². The van der Waals surface area contributed by atoms with Gasteiger partial charge in [-0.05, 0) is 55.3 Å². The number of nitrogens with two attached hydrogens (primary N) is 1. The van der Waals surface area contributed by atoms with Crippen molar-refractivity contribution in [2.75, 3.05) is 29.9 Å². The van der Waals surface area contributed by atoms with E-state index in [-0.39, 0.29) is 23.8 Å². The third kappa shape index (κ3) is 4.46. The van der Waals surface area contributed by atoms with Crippen molar-refractivity contribution in [3.63, 3.8) is 0 Å². The lowest BCUT2D eigenvalue weighted by Crippen LogP contribution is -2.22. The maximum absolute atomic E-state index is 12.1. The van der Waals surface area contributed by atoms with Crippen molar-refractivity contribution in [3.05, 3.63) is 53.1 Å². The second kappa shape index (κ2) is 8.10. The molecule has 7 heteroatoms. The molecule has 2 aromatic rings. The van der Waals surface area contributed by atoms with Crippen LogP contribution in [0.5, 0.6) is 5.75 Å². The molecule has 0 saturated carbocycles. The smallest absolute Gasteiger partial charge is 0.262 e. The van der Waals surface area contributed by atoms with Gasteiger partial charge >= 0.3 is 0 Å². The highest BCUT2D eigenvalue weighted by molar-refractivity contribution is 6.31. The van der Waals surface area contributed by atoms with Crippen molar-refractivity contribution in [1.29, 1.82) is 0 Å². The number of ether oxygens (including phenoxy) is 1. The number of halogens is 1. The number of hydrogen-bond donors (Lipinski definition) is 2. The molecule has 1 saturated heterocycles. The largest absolute Gasteiger partial charge is 0.483 e. The summed E-state index contributed by atoms with van der Waals surface area (Å²) in [5.74, 6) is -0.772. The predicted octanol–water partition coefficient (Wildman–Crippen LogP) is 3.06. The summed E-state index contributed by atoms with van der Waals surface area (Å²) in [7, 11) is 0. The molecule has 6 nitrogen and oxygen atoms in total. The maximum Gasteiger partial charge on any atom is 0.262 e. The molecule has 136 valence electrons. The van der Waals surface area contributed by atoms with Crippen molar-refractivity contribution in [2.45, 2.75) is 12.8 Å². The van der Waals surface area contributed by atoms with Gasteiger partial charge in [0.1, 0.15) is 5.75 Å². The van der Waals surface area contributed by atoms with Crippen LogP contribution in [0.2, 0.25) is 5.02 Å². The van der Waals surface area contributed by atoms with Crippen molar-refractivity contribution in [2.24, 2.45) is 5.73 Å². The second-order valence-corrected chi connectivity index (χ2v) is 6.52. The predicted molar refractivity (Wildman–Crippen MR) is 102 cm³/mol. The van der Waals surface area contributed by atoms with E-state index < -0.39 is 5.91 Å². The SMILES string of the molecule is NC(=O)c1cc(Cl)ccc1OCC(=O)Nc1ccc(N2CCCC2)cc1. The summed E-state index contributed by atoms with van der Waals surface area (Å²) >= 11 is 5.84. The Labute approximate surface area is 156 Å². The van der Waals surface area contributed by atoms with Crippen molar-refractivity contribution in [1.82, 2.24) is 0 Å². The summed E-state index contributed by atoms with van der Waals surface area (Å²) in [6.07, 6.45) is 2.43. The highest BCUT2D eigenvalue weighted by Crippen LogP contribution is 2.23. The number of primary amides is 1. The molecule has 1 aliphatic rings. The third-order valence-corrected chi connectivity index (χ3v) is 4.42. The summed E-state index contributed by atoms with van der Waals surface area (Å²) in [4.78, 5) is 25.8. The monoisotopic (exact) mass is 373 g/mol. The minimum atomic E-state index is -0.666. The van der Waals surface area contributed by atoms with Crippen LogP contribution < -0.4 is 20.7 Å². The first-order chi connectivity index (χ1) is 12.5. The summed E-state index contributed by atoms with van der Waals surface area (Å²) in [5.41, 5.74) is 7.28. The van der Waals surface area contributed by atoms with Crippen molar-refractivity contribution >= 4 is 34.8 Å². The number of benzene rings is 2. The van der Waals surface area contributed by atoms with Gasteiger partial charge in [0.15, 0.2) is 6.61 Å². The van der Waals surface area contributed by atoms with Crippen LogP contribution in [-0.4, -0.2) is 31.5 Å². The highest BCUT2D eigenvalue weighted by Gasteiger charge is 2.14. The molecular formula is C19H20ClN3O3. The molecular weight excluding hydrogens is 354 g/mol. The Morgan fingerprint density at radius 1 is 1.12 bits per heavy atom. The lowest BCUT2D eigenvalue weighted by atomic mass is 10.2. The molecule has 2 aromatic carbocycles. The zero-order chi connectivity index (χ0) is 18.5. The van der Waals surface area contributed by atoms with Gasteiger partial charge in [0.2, 0.25) is 0 Å². The minimum Gasteiger partial charge on any atom is -0.483 e. The van der Waals surface area contributed by atoms with E-state index >= 15 is 0 Å². The minimum absolute atomic E-state index is 0.139. The van der Waals surface area contributed by atoms with Crippen LogP contribution >= 0.6 is 11.6 Å². The lowest BCUT2D eigenvalue weighted by molar-refractivity contribution is -0.118. The molecule has 2 amide bonds. The molecule has 0 aromatic heterocycles. The Bertz CT molecular complexity index is 802. The molecule has 0 unspecified atom stereocenters. The average Bonchev–Trinajstić information content (AvgIpc) is 3.16. The van der Waals surface area contributed by atoms with Gasteiger partial charge in [0.25, 0.3) is 11.8 Å². The van der Waals surface area contributed by atoms with Gasteiger partial charge in [0.05, 0.1) is 5.56 Å². The second-order valence-electron chi connectivity index (χ2n) is 6.08. The molecule has 3 N–H and O–H groups in total. The van der Waals surface area contributed by atoms with E-state index in [0.29, 0.717) is 10.7 Å². The zero-order valence-corrected chi connectivity index (χ0v) is 15.0. The van der Waals surface area contributed by atoms with Crippen LogP contribution in [0.25, 0.3) is 0 Å². The van der Waals surface area contributed by atoms with Gasteiger partial charge in [0, 0.05) is 29.5 Å². The van der Waals surface area contributed by atoms with E-state index in [1.165, 1.54) is 25.0 Å². The molecule has 0 spiro atoms. The fourth-order valence-electron chi connectivity index (χ4n) is 2.89. The number of amides is 2. The van der Waals surface area contributed by atoms with Crippen LogP contribution in [0.1, 0.15) is 23.2 Å². The molecule has 3 rings (SSSR count). The van der Waals surface area contributed by atoms with Crippen LogP contribution in [0.15, 0.2) is 42.5 Å². The average molecular weight is 374 g/mol. The molecule has 0 bridgehead atoms. The molecule has 0 aliphatic carbocycles. The molecule has 1 aliphatic heterocycles. The first-order valence-electron chi connectivity index (χ1n) is 8.40. The summed E-state index contributed by atoms with van der Waals surface area (Å²) < 4.78 is 5.41. The van der Waals surface area contributed by atoms with Gasteiger partial charge in [-0.15, -0.1) is 0 Å². The number of hydrogen-bond acceptors (Lipinski definition) is 4. The van der Waals surface area contributed by atoms with Gasteiger partial charge in [-0.3, -0.25) is 9.59 Å². The molecule has 1 fully saturated rings. The standard InChI is InChI=1S/C19H20ClN3O3/c20-13-3-8-17(16(11-13)19(21)25)26-12-18(24)22-14-4-6-15(7-5-14)23-9-1-2-10-23/h3-8,11H,1-2,9-10,12H2,(H2,21,25)(H,22,24). The van der Waals surface area contributed by atoms with Gasteiger partial charge in [-0.1, -0.05) is 11.6 Å². The van der Waals surface area contributed by atoms with Gasteiger partial charge < -0.3 is 20.7 Å². The van der Waals surface area contributed by atoms with E-state index in [4.69, 9.17) is 22.1 Å². The molecule has 0 atom stereocenters. The molecule has 0 radical (unpaired) electrons. The summed E-state index contributed by atoms with van der Waals surface area (Å²) in [5, 5.41) is 3.13. The molecule has 26 heavy (non-hydrogen) atoms. The van der Waals surface area contributed by atoms with Gasteiger partial charge in [-0.2, -0.15) is 0 Å². The fraction of sp³-hybridized carbons (Fsp3) is 0.263. The Kier molecular flexibility index (Phi) is 5.63. The lowest BCUT2D eigenvalue weighted by Gasteiger charge is -2.17. The van der Waals surface area contributed by atoms with E-state index in [2.05, 4.69) is 10.2 Å². The van der Waals surface area contributed by atoms with Gasteiger partial charge in [-0.25, -0.2) is 0 Å². The van der Waals surface area contributed by atoms with Crippen molar-refractivity contribution < 1.29 is 14.3 Å². The zero-order valence-electron chi connectivity index (χ0n) is 14.2. The van der Waals surface area contributed by atoms with Crippen molar-refractivity contribution in [3.8, 4) is 5.75 Å². The number of carbonyl (C=O) groups excluding carboxylic acids is 2. The Morgan fingerprint density at radius 3 is 2.46 bits per heavy atom. The Balaban J connectivity index is 1.57. The first-order valence-corrected chi connectivity index (χ1v) is 8.78. The van der Waals surface area contributed by atoms with E-state index in [1.807, 2.05) is 24.3 Å². The normalized spacial score (nSPS) is 13.5. The number of nitrogens with one attached hydrogen (secondary N) is 1. The summed E-state index contributed by atoms with van der Waals surface area (Å²) in [6.45, 7) is 1.90. The van der Waals surface area contributed by atoms with Crippen LogP contribution in [0.4, 0.5) is 11.4 Å². The molecule has 1 heterocycles. The number of nitrogens with zero attached hydrogens (tertiary/aromatic N) is 1. The number of rotatable bonds is 6. The highest BCUT2D eigenvalue weighted by atomic mass is 35.5. The Morgan fingerprint density at radius 2 is 1.81 bits per heavy atom. The summed E-state index contributed by atoms with van der Waals surface area (Å²) in [6, 6.07) is 12.2. The van der Waals surface area contributed by atoms with E-state index in [1.54, 1.807) is 6.07 Å². The third-order valence-electron chi connectivity index (χ3n) is 4.19. The first kappa shape index (κ1) is 18.1. The number of carbonyl (C=O) groups is 2.